The van der Waals surface area contributed by atoms with E-state index in [4.69, 9.17) is 0 Å². The molecule has 0 spiro atoms. The first-order chi connectivity index (χ1) is 10.8. The summed E-state index contributed by atoms with van der Waals surface area (Å²) in [5, 5.41) is 10.5. The van der Waals surface area contributed by atoms with Crippen molar-refractivity contribution in [1.82, 2.24) is 0 Å². The van der Waals surface area contributed by atoms with Crippen molar-refractivity contribution in [3.63, 3.8) is 0 Å². The second-order valence-electron chi connectivity index (χ2n) is 9.57. The first kappa shape index (κ1) is 16.6. The predicted octanol–water partition coefficient (Wildman–Crippen LogP) is 4.58. The van der Waals surface area contributed by atoms with Gasteiger partial charge in [0, 0.05) is 5.92 Å². The van der Waals surface area contributed by atoms with E-state index in [0.29, 0.717) is 23.0 Å². The van der Waals surface area contributed by atoms with Gasteiger partial charge in [-0.3, -0.25) is 4.79 Å². The molecular weight excluding hydrogens is 352 g/mol. The van der Waals surface area contributed by atoms with Gasteiger partial charge >= 0.3 is 0 Å². The Balaban J connectivity index is 1.67. The SMILES string of the molecule is C[C@@H]1C(=O)[C@H](Br)C[C@]2(C)[C@H]3CC[C@]4(C)[C@@H](O)CC[C@H]4[C@@H]3CC[C@@H]12. The van der Waals surface area contributed by atoms with E-state index in [1.807, 2.05) is 0 Å². The molecule has 130 valence electrons. The zero-order chi connectivity index (χ0) is 16.6. The molecule has 1 N–H and O–H groups in total. The van der Waals surface area contributed by atoms with Crippen LogP contribution in [0.2, 0.25) is 0 Å². The van der Waals surface area contributed by atoms with Crippen LogP contribution in [0.25, 0.3) is 0 Å². The molecular formula is C20H31BrO2. The standard InChI is InChI=1S/C20H31BrO2/c1-11-13-5-4-12-14-6-7-17(22)19(14,2)9-8-15(12)20(13,3)10-16(21)18(11)23/h11-17,22H,4-10H2,1-3H3/t11-,12-,13-,14-,15-,16+,17-,19-,20-/m0/s1. The van der Waals surface area contributed by atoms with Crippen LogP contribution in [-0.4, -0.2) is 21.8 Å². The number of ketones is 1. The van der Waals surface area contributed by atoms with Crippen LogP contribution >= 0.6 is 15.9 Å². The van der Waals surface area contributed by atoms with Crippen LogP contribution in [0.4, 0.5) is 0 Å². The minimum Gasteiger partial charge on any atom is -0.393 e. The van der Waals surface area contributed by atoms with Crippen LogP contribution in [-0.2, 0) is 4.79 Å². The zero-order valence-corrected chi connectivity index (χ0v) is 16.3. The maximum absolute atomic E-state index is 12.5. The predicted molar refractivity (Wildman–Crippen MR) is 95.4 cm³/mol. The van der Waals surface area contributed by atoms with Gasteiger partial charge in [-0.1, -0.05) is 36.7 Å². The number of aliphatic hydroxyl groups excluding tert-OH is 1. The van der Waals surface area contributed by atoms with Crippen molar-refractivity contribution in [2.24, 2.45) is 40.4 Å². The zero-order valence-electron chi connectivity index (χ0n) is 14.7. The summed E-state index contributed by atoms with van der Waals surface area (Å²) in [4.78, 5) is 12.5. The van der Waals surface area contributed by atoms with E-state index in [1.54, 1.807) is 0 Å². The third kappa shape index (κ3) is 2.11. The number of rotatable bonds is 0. The van der Waals surface area contributed by atoms with E-state index in [1.165, 1.54) is 32.1 Å². The molecule has 0 aromatic carbocycles. The van der Waals surface area contributed by atoms with Crippen molar-refractivity contribution in [2.75, 3.05) is 0 Å². The Bertz CT molecular complexity index is 520. The molecule has 0 aromatic rings. The van der Waals surface area contributed by atoms with Gasteiger partial charge in [-0.2, -0.15) is 0 Å². The summed E-state index contributed by atoms with van der Waals surface area (Å²) in [6.07, 6.45) is 8.07. The molecule has 0 amide bonds. The smallest absolute Gasteiger partial charge is 0.149 e. The van der Waals surface area contributed by atoms with Crippen LogP contribution in [0.15, 0.2) is 0 Å². The number of fused-ring (bicyclic) bond motifs is 5. The lowest BCUT2D eigenvalue weighted by Gasteiger charge is -2.61. The van der Waals surface area contributed by atoms with Crippen LogP contribution in [0, 0.1) is 40.4 Å². The van der Waals surface area contributed by atoms with Crippen molar-refractivity contribution in [3.8, 4) is 0 Å². The molecule has 3 heteroatoms. The Kier molecular flexibility index (Phi) is 3.82. The minimum atomic E-state index is -0.0882. The molecule has 0 unspecified atom stereocenters. The molecule has 2 nitrogen and oxygen atoms in total. The third-order valence-electron chi connectivity index (χ3n) is 8.87. The second-order valence-corrected chi connectivity index (χ2v) is 10.7. The third-order valence-corrected chi connectivity index (χ3v) is 9.65. The second kappa shape index (κ2) is 5.30. The number of halogens is 1. The highest BCUT2D eigenvalue weighted by Crippen LogP contribution is 2.66. The van der Waals surface area contributed by atoms with E-state index >= 15 is 0 Å². The molecule has 4 fully saturated rings. The van der Waals surface area contributed by atoms with Crippen LogP contribution in [0.1, 0.15) is 65.7 Å². The Morgan fingerprint density at radius 3 is 2.39 bits per heavy atom. The fourth-order valence-corrected chi connectivity index (χ4v) is 8.67. The van der Waals surface area contributed by atoms with Gasteiger partial charge in [0.15, 0.2) is 0 Å². The van der Waals surface area contributed by atoms with Gasteiger partial charge in [0.1, 0.15) is 5.78 Å². The largest absolute Gasteiger partial charge is 0.393 e. The molecule has 4 saturated carbocycles. The fraction of sp³-hybridized carbons (Fsp3) is 0.950. The van der Waals surface area contributed by atoms with Gasteiger partial charge < -0.3 is 5.11 Å². The lowest BCUT2D eigenvalue weighted by Crippen LogP contribution is -2.57. The van der Waals surface area contributed by atoms with E-state index in [9.17, 15) is 9.90 Å². The van der Waals surface area contributed by atoms with Crippen molar-refractivity contribution < 1.29 is 9.90 Å². The summed E-state index contributed by atoms with van der Waals surface area (Å²) in [6.45, 7) is 7.01. The molecule has 4 aliphatic rings. The highest BCUT2D eigenvalue weighted by Gasteiger charge is 2.62. The number of hydrogen-bond donors (Lipinski definition) is 1. The molecule has 0 saturated heterocycles. The summed E-state index contributed by atoms with van der Waals surface area (Å²) in [6, 6.07) is 0. The lowest BCUT2D eigenvalue weighted by atomic mass is 9.44. The van der Waals surface area contributed by atoms with E-state index < -0.39 is 0 Å². The Hall–Kier alpha value is 0.110. The molecule has 0 heterocycles. The normalized spacial score (nSPS) is 59.2. The van der Waals surface area contributed by atoms with Gasteiger partial charge in [0.05, 0.1) is 10.9 Å². The molecule has 4 rings (SSSR count). The number of carbonyl (C=O) groups excluding carboxylic acids is 1. The average Bonchev–Trinajstić information content (AvgIpc) is 2.80. The molecule has 23 heavy (non-hydrogen) atoms. The van der Waals surface area contributed by atoms with E-state index in [0.717, 1.165) is 24.7 Å². The molecule has 0 radical (unpaired) electrons. The average molecular weight is 383 g/mol. The molecule has 9 atom stereocenters. The van der Waals surface area contributed by atoms with Crippen molar-refractivity contribution in [1.29, 1.82) is 0 Å². The van der Waals surface area contributed by atoms with Gasteiger partial charge in [-0.25, -0.2) is 0 Å². The Morgan fingerprint density at radius 2 is 1.65 bits per heavy atom. The summed E-state index contributed by atoms with van der Waals surface area (Å²) in [7, 11) is 0. The summed E-state index contributed by atoms with van der Waals surface area (Å²) >= 11 is 3.69. The summed E-state index contributed by atoms with van der Waals surface area (Å²) in [5.74, 6) is 3.44. The highest BCUT2D eigenvalue weighted by atomic mass is 79.9. The number of carbonyl (C=O) groups is 1. The van der Waals surface area contributed by atoms with Crippen LogP contribution in [0.3, 0.4) is 0 Å². The quantitative estimate of drug-likeness (QED) is 0.622. The first-order valence-electron chi connectivity index (χ1n) is 9.65. The van der Waals surface area contributed by atoms with E-state index in [2.05, 4.69) is 36.7 Å². The number of Topliss-reactive ketones (excluding diaryl/α,β-unsaturated/α-hetero) is 1. The number of hydrogen-bond acceptors (Lipinski definition) is 2. The molecule has 0 aliphatic heterocycles. The summed E-state index contributed by atoms with van der Waals surface area (Å²) in [5.41, 5.74) is 0.466. The van der Waals surface area contributed by atoms with Crippen molar-refractivity contribution in [3.05, 3.63) is 0 Å². The first-order valence-corrected chi connectivity index (χ1v) is 10.6. The van der Waals surface area contributed by atoms with E-state index in [-0.39, 0.29) is 22.3 Å². The van der Waals surface area contributed by atoms with Gasteiger partial charge in [-0.05, 0) is 79.4 Å². The molecule has 0 bridgehead atoms. The molecule has 0 aromatic heterocycles. The molecule has 4 aliphatic carbocycles. The lowest BCUT2D eigenvalue weighted by molar-refractivity contribution is -0.150. The maximum atomic E-state index is 12.5. The number of alkyl halides is 1. The Morgan fingerprint density at radius 1 is 1.00 bits per heavy atom. The maximum Gasteiger partial charge on any atom is 0.149 e. The highest BCUT2D eigenvalue weighted by molar-refractivity contribution is 9.10. The topological polar surface area (TPSA) is 37.3 Å². The monoisotopic (exact) mass is 382 g/mol. The van der Waals surface area contributed by atoms with Gasteiger partial charge in [0.2, 0.25) is 0 Å². The summed E-state index contributed by atoms with van der Waals surface area (Å²) < 4.78 is 0. The Labute approximate surface area is 148 Å². The minimum absolute atomic E-state index is 0.0555. The number of aliphatic hydroxyl groups is 1. The van der Waals surface area contributed by atoms with Gasteiger partial charge in [-0.15, -0.1) is 0 Å². The van der Waals surface area contributed by atoms with Crippen LogP contribution in [0.5, 0.6) is 0 Å². The van der Waals surface area contributed by atoms with Crippen molar-refractivity contribution in [2.45, 2.75) is 76.6 Å². The van der Waals surface area contributed by atoms with Crippen molar-refractivity contribution >= 4 is 21.7 Å². The van der Waals surface area contributed by atoms with Gasteiger partial charge in [0.25, 0.3) is 0 Å². The van der Waals surface area contributed by atoms with Crippen LogP contribution < -0.4 is 0 Å². The fourth-order valence-electron chi connectivity index (χ4n) is 7.55.